The first kappa shape index (κ1) is 22.3. The highest BCUT2D eigenvalue weighted by Gasteiger charge is 2.13. The van der Waals surface area contributed by atoms with Crippen molar-refractivity contribution in [3.63, 3.8) is 0 Å². The molecule has 8 heteroatoms. The lowest BCUT2D eigenvalue weighted by Crippen LogP contribution is -2.32. The largest absolute Gasteiger partial charge is 0.489 e. The first-order chi connectivity index (χ1) is 14.9. The molecule has 0 saturated carbocycles. The lowest BCUT2D eigenvalue weighted by Gasteiger charge is -2.07. The lowest BCUT2D eigenvalue weighted by atomic mass is 10.2. The van der Waals surface area contributed by atoms with E-state index in [0.29, 0.717) is 28.1 Å². The molecule has 3 aromatic carbocycles. The summed E-state index contributed by atoms with van der Waals surface area (Å²) in [5.74, 6) is -1.11. The molecule has 3 aromatic rings. The molecule has 158 valence electrons. The van der Waals surface area contributed by atoms with Crippen LogP contribution < -0.4 is 15.5 Å². The Morgan fingerprint density at radius 2 is 1.58 bits per heavy atom. The standard InChI is InChI=1S/C23H19Cl2N3O3/c1-15-2-4-17(5-3-15)14-31-21-8-6-16(7-9-21)13-26-28-23(30)22(29)27-20-11-18(24)10-19(25)12-20/h2-13H,14H2,1H3,(H,27,29)(H,28,30). The quantitative estimate of drug-likeness (QED) is 0.312. The van der Waals surface area contributed by atoms with Crippen molar-refractivity contribution < 1.29 is 14.3 Å². The number of hydrazone groups is 1. The average molecular weight is 456 g/mol. The van der Waals surface area contributed by atoms with Crippen LogP contribution in [-0.2, 0) is 16.2 Å². The molecule has 0 radical (unpaired) electrons. The number of amides is 2. The number of anilines is 1. The Kier molecular flexibility index (Phi) is 7.65. The van der Waals surface area contributed by atoms with Crippen LogP contribution in [0.25, 0.3) is 0 Å². The molecule has 0 heterocycles. The molecule has 0 aliphatic carbocycles. The third-order valence-electron chi connectivity index (χ3n) is 4.11. The highest BCUT2D eigenvalue weighted by atomic mass is 35.5. The van der Waals surface area contributed by atoms with E-state index < -0.39 is 11.8 Å². The molecule has 0 atom stereocenters. The summed E-state index contributed by atoms with van der Waals surface area (Å²) in [4.78, 5) is 23.8. The van der Waals surface area contributed by atoms with Crippen LogP contribution in [0.4, 0.5) is 5.69 Å². The highest BCUT2D eigenvalue weighted by Crippen LogP contribution is 2.22. The molecular weight excluding hydrogens is 437 g/mol. The van der Waals surface area contributed by atoms with Crippen LogP contribution in [0.5, 0.6) is 5.75 Å². The van der Waals surface area contributed by atoms with Crippen LogP contribution in [0.2, 0.25) is 10.0 Å². The molecule has 2 N–H and O–H groups in total. The molecular formula is C23H19Cl2N3O3. The van der Waals surface area contributed by atoms with Gasteiger partial charge in [-0.1, -0.05) is 53.0 Å². The summed E-state index contributed by atoms with van der Waals surface area (Å²) in [6, 6.07) is 19.8. The van der Waals surface area contributed by atoms with Gasteiger partial charge in [-0.15, -0.1) is 0 Å². The Hall–Kier alpha value is -3.35. The van der Waals surface area contributed by atoms with Gasteiger partial charge in [-0.3, -0.25) is 9.59 Å². The van der Waals surface area contributed by atoms with Crippen LogP contribution in [0, 0.1) is 6.92 Å². The second-order valence-corrected chi connectivity index (χ2v) is 7.53. The molecule has 0 spiro atoms. The minimum atomic E-state index is -0.926. The lowest BCUT2D eigenvalue weighted by molar-refractivity contribution is -0.136. The maximum atomic E-state index is 11.9. The van der Waals surface area contributed by atoms with E-state index in [0.717, 1.165) is 11.1 Å². The van der Waals surface area contributed by atoms with E-state index in [1.165, 1.54) is 30.0 Å². The zero-order chi connectivity index (χ0) is 22.2. The molecule has 0 saturated heterocycles. The van der Waals surface area contributed by atoms with Crippen molar-refractivity contribution in [1.82, 2.24) is 5.43 Å². The normalized spacial score (nSPS) is 10.7. The Morgan fingerprint density at radius 1 is 0.935 bits per heavy atom. The van der Waals surface area contributed by atoms with Crippen LogP contribution in [0.15, 0.2) is 71.8 Å². The zero-order valence-corrected chi connectivity index (χ0v) is 18.1. The molecule has 3 rings (SSSR count). The van der Waals surface area contributed by atoms with Gasteiger partial charge >= 0.3 is 11.8 Å². The number of hydrogen-bond acceptors (Lipinski definition) is 4. The van der Waals surface area contributed by atoms with Crippen molar-refractivity contribution in [3.8, 4) is 5.75 Å². The fourth-order valence-electron chi connectivity index (χ4n) is 2.53. The maximum Gasteiger partial charge on any atom is 0.329 e. The molecule has 0 aliphatic heterocycles. The monoisotopic (exact) mass is 455 g/mol. The number of rotatable bonds is 6. The van der Waals surface area contributed by atoms with Gasteiger partial charge in [-0.25, -0.2) is 5.43 Å². The first-order valence-electron chi connectivity index (χ1n) is 9.28. The fourth-order valence-corrected chi connectivity index (χ4v) is 3.06. The van der Waals surface area contributed by atoms with E-state index in [1.807, 2.05) is 31.2 Å². The number of ether oxygens (including phenoxy) is 1. The number of aryl methyl sites for hydroxylation is 1. The van der Waals surface area contributed by atoms with E-state index in [4.69, 9.17) is 27.9 Å². The number of hydrogen-bond donors (Lipinski definition) is 2. The van der Waals surface area contributed by atoms with Gasteiger partial charge in [-0.05, 0) is 60.5 Å². The predicted molar refractivity (Wildman–Crippen MR) is 123 cm³/mol. The Balaban J connectivity index is 1.47. The van der Waals surface area contributed by atoms with Crippen molar-refractivity contribution in [2.45, 2.75) is 13.5 Å². The zero-order valence-electron chi connectivity index (χ0n) is 16.6. The van der Waals surface area contributed by atoms with Crippen LogP contribution >= 0.6 is 23.2 Å². The second-order valence-electron chi connectivity index (χ2n) is 6.65. The minimum Gasteiger partial charge on any atom is -0.489 e. The minimum absolute atomic E-state index is 0.308. The number of benzene rings is 3. The number of halogens is 2. The molecule has 6 nitrogen and oxygen atoms in total. The van der Waals surface area contributed by atoms with E-state index >= 15 is 0 Å². The number of nitrogens with zero attached hydrogens (tertiary/aromatic N) is 1. The van der Waals surface area contributed by atoms with Gasteiger partial charge in [0.1, 0.15) is 12.4 Å². The van der Waals surface area contributed by atoms with Crippen LogP contribution in [-0.4, -0.2) is 18.0 Å². The van der Waals surface area contributed by atoms with E-state index in [2.05, 4.69) is 15.8 Å². The van der Waals surface area contributed by atoms with Crippen LogP contribution in [0.3, 0.4) is 0 Å². The SMILES string of the molecule is Cc1ccc(COc2ccc(C=NNC(=O)C(=O)Nc3cc(Cl)cc(Cl)c3)cc2)cc1. The average Bonchev–Trinajstić information content (AvgIpc) is 2.73. The topological polar surface area (TPSA) is 79.8 Å². The van der Waals surface area contributed by atoms with Gasteiger partial charge in [0, 0.05) is 15.7 Å². The van der Waals surface area contributed by atoms with Crippen molar-refractivity contribution >= 4 is 46.9 Å². The van der Waals surface area contributed by atoms with Gasteiger partial charge in [0.25, 0.3) is 0 Å². The Bertz CT molecular complexity index is 1080. The van der Waals surface area contributed by atoms with Gasteiger partial charge in [0.2, 0.25) is 0 Å². The summed E-state index contributed by atoms with van der Waals surface area (Å²) in [6.07, 6.45) is 1.42. The number of carbonyl (C=O) groups excluding carboxylic acids is 2. The maximum absolute atomic E-state index is 11.9. The molecule has 0 fully saturated rings. The molecule has 2 amide bonds. The van der Waals surface area contributed by atoms with Gasteiger partial charge in [0.15, 0.2) is 0 Å². The van der Waals surface area contributed by atoms with Crippen molar-refractivity contribution in [2.24, 2.45) is 5.10 Å². The summed E-state index contributed by atoms with van der Waals surface area (Å²) < 4.78 is 5.75. The highest BCUT2D eigenvalue weighted by molar-refractivity contribution is 6.40. The van der Waals surface area contributed by atoms with E-state index in [9.17, 15) is 9.59 Å². The predicted octanol–water partition coefficient (Wildman–Crippen LogP) is 4.97. The summed E-state index contributed by atoms with van der Waals surface area (Å²) >= 11 is 11.7. The third kappa shape index (κ3) is 7.13. The molecule has 31 heavy (non-hydrogen) atoms. The summed E-state index contributed by atoms with van der Waals surface area (Å²) in [5.41, 5.74) is 5.48. The van der Waals surface area contributed by atoms with Gasteiger partial charge < -0.3 is 10.1 Å². The third-order valence-corrected chi connectivity index (χ3v) is 4.55. The summed E-state index contributed by atoms with van der Waals surface area (Å²) in [6.45, 7) is 2.51. The van der Waals surface area contributed by atoms with Gasteiger partial charge in [0.05, 0.1) is 6.21 Å². The van der Waals surface area contributed by atoms with E-state index in [1.54, 1.807) is 24.3 Å². The Morgan fingerprint density at radius 3 is 2.23 bits per heavy atom. The van der Waals surface area contributed by atoms with Crippen molar-refractivity contribution in [2.75, 3.05) is 5.32 Å². The Labute approximate surface area is 189 Å². The summed E-state index contributed by atoms with van der Waals surface area (Å²) in [5, 5.41) is 6.87. The van der Waals surface area contributed by atoms with E-state index in [-0.39, 0.29) is 0 Å². The molecule has 0 bridgehead atoms. The smallest absolute Gasteiger partial charge is 0.329 e. The molecule has 0 unspecified atom stereocenters. The van der Waals surface area contributed by atoms with Crippen molar-refractivity contribution in [1.29, 1.82) is 0 Å². The second kappa shape index (κ2) is 10.6. The van der Waals surface area contributed by atoms with Crippen molar-refractivity contribution in [3.05, 3.63) is 93.5 Å². The fraction of sp³-hybridized carbons (Fsp3) is 0.0870. The molecule has 0 aliphatic rings. The first-order valence-corrected chi connectivity index (χ1v) is 10.0. The summed E-state index contributed by atoms with van der Waals surface area (Å²) in [7, 11) is 0. The number of carbonyl (C=O) groups is 2. The molecule has 0 aromatic heterocycles. The number of nitrogens with one attached hydrogen (secondary N) is 2. The van der Waals surface area contributed by atoms with Gasteiger partial charge in [-0.2, -0.15) is 5.10 Å². The van der Waals surface area contributed by atoms with Crippen LogP contribution in [0.1, 0.15) is 16.7 Å².